The lowest BCUT2D eigenvalue weighted by Crippen LogP contribution is -2.29. The van der Waals surface area contributed by atoms with Crippen LogP contribution in [-0.2, 0) is 6.42 Å². The molecule has 16 heavy (non-hydrogen) atoms. The van der Waals surface area contributed by atoms with Gasteiger partial charge in [-0.15, -0.1) is 0 Å². The third-order valence-corrected chi connectivity index (χ3v) is 3.19. The van der Waals surface area contributed by atoms with E-state index in [9.17, 15) is 0 Å². The molecule has 1 aliphatic rings. The van der Waals surface area contributed by atoms with Crippen LogP contribution >= 0.6 is 0 Å². The Bertz CT molecular complexity index is 338. The second kappa shape index (κ2) is 5.21. The number of ether oxygens (including phenoxy) is 1. The lowest BCUT2D eigenvalue weighted by Gasteiger charge is -2.28. The number of rotatable bonds is 4. The predicted octanol–water partition coefficient (Wildman–Crippen LogP) is 2.03. The molecule has 3 heteroatoms. The van der Waals surface area contributed by atoms with Crippen molar-refractivity contribution in [1.82, 2.24) is 5.32 Å². The summed E-state index contributed by atoms with van der Waals surface area (Å²) in [6.07, 6.45) is 3.52. The zero-order valence-electron chi connectivity index (χ0n) is 10.0. The van der Waals surface area contributed by atoms with E-state index in [2.05, 4.69) is 22.8 Å². The van der Waals surface area contributed by atoms with E-state index in [0.717, 1.165) is 25.1 Å². The van der Waals surface area contributed by atoms with Crippen LogP contribution in [0.4, 0.5) is 5.69 Å². The molecule has 0 spiro atoms. The number of anilines is 1. The van der Waals surface area contributed by atoms with E-state index in [1.165, 1.54) is 17.7 Å². The number of hydrogen-bond donors (Lipinski definition) is 2. The smallest absolute Gasteiger partial charge is 0.142 e. The van der Waals surface area contributed by atoms with E-state index in [4.69, 9.17) is 4.74 Å². The van der Waals surface area contributed by atoms with Crippen LogP contribution in [0.25, 0.3) is 0 Å². The van der Waals surface area contributed by atoms with Crippen molar-refractivity contribution in [3.63, 3.8) is 0 Å². The maximum absolute atomic E-state index is 5.39. The van der Waals surface area contributed by atoms with E-state index >= 15 is 0 Å². The normalized spacial score (nSPS) is 18.8. The standard InChI is InChI=1S/C13H20N2O/c1-14-9-8-11-7-6-10-4-3-5-12(16-2)13(10)15-11/h3-5,11,14-15H,6-9H2,1-2H3. The van der Waals surface area contributed by atoms with Crippen molar-refractivity contribution >= 4 is 5.69 Å². The predicted molar refractivity (Wildman–Crippen MR) is 67.3 cm³/mol. The van der Waals surface area contributed by atoms with Gasteiger partial charge in [-0.1, -0.05) is 12.1 Å². The average Bonchev–Trinajstić information content (AvgIpc) is 2.35. The van der Waals surface area contributed by atoms with Crippen molar-refractivity contribution in [2.24, 2.45) is 0 Å². The van der Waals surface area contributed by atoms with Gasteiger partial charge in [0.1, 0.15) is 5.75 Å². The molecule has 3 nitrogen and oxygen atoms in total. The highest BCUT2D eigenvalue weighted by molar-refractivity contribution is 5.64. The molecule has 0 radical (unpaired) electrons. The van der Waals surface area contributed by atoms with E-state index in [1.54, 1.807) is 7.11 Å². The molecule has 1 aromatic carbocycles. The van der Waals surface area contributed by atoms with E-state index < -0.39 is 0 Å². The fraction of sp³-hybridized carbons (Fsp3) is 0.538. The molecular formula is C13H20N2O. The molecule has 0 fully saturated rings. The topological polar surface area (TPSA) is 33.3 Å². The SMILES string of the molecule is CNCCC1CCc2cccc(OC)c2N1. The fourth-order valence-corrected chi connectivity index (χ4v) is 2.26. The number of fused-ring (bicyclic) bond motifs is 1. The van der Waals surface area contributed by atoms with Gasteiger partial charge in [-0.3, -0.25) is 0 Å². The van der Waals surface area contributed by atoms with Gasteiger partial charge in [0.15, 0.2) is 0 Å². The summed E-state index contributed by atoms with van der Waals surface area (Å²) < 4.78 is 5.39. The molecule has 1 unspecified atom stereocenters. The lowest BCUT2D eigenvalue weighted by atomic mass is 9.96. The van der Waals surface area contributed by atoms with E-state index in [1.807, 2.05) is 13.1 Å². The zero-order valence-corrected chi connectivity index (χ0v) is 10.0. The van der Waals surface area contributed by atoms with Crippen molar-refractivity contribution in [1.29, 1.82) is 0 Å². The average molecular weight is 220 g/mol. The summed E-state index contributed by atoms with van der Waals surface area (Å²) in [5.41, 5.74) is 2.57. The highest BCUT2D eigenvalue weighted by atomic mass is 16.5. The quantitative estimate of drug-likeness (QED) is 0.814. The second-order valence-electron chi connectivity index (χ2n) is 4.27. The first-order valence-corrected chi connectivity index (χ1v) is 5.92. The van der Waals surface area contributed by atoms with Crippen LogP contribution in [0.2, 0.25) is 0 Å². The molecule has 0 saturated carbocycles. The second-order valence-corrected chi connectivity index (χ2v) is 4.27. The van der Waals surface area contributed by atoms with Crippen LogP contribution in [0.15, 0.2) is 18.2 Å². The van der Waals surface area contributed by atoms with Crippen LogP contribution in [0.3, 0.4) is 0 Å². The van der Waals surface area contributed by atoms with Gasteiger partial charge in [0, 0.05) is 6.04 Å². The zero-order chi connectivity index (χ0) is 11.4. The van der Waals surface area contributed by atoms with E-state index in [-0.39, 0.29) is 0 Å². The Morgan fingerprint density at radius 3 is 3.12 bits per heavy atom. The van der Waals surface area contributed by atoms with Crippen molar-refractivity contribution in [2.75, 3.05) is 26.0 Å². The first-order valence-electron chi connectivity index (χ1n) is 5.92. The molecule has 2 rings (SSSR count). The Kier molecular flexibility index (Phi) is 3.67. The molecule has 1 aromatic rings. The Morgan fingerprint density at radius 2 is 2.38 bits per heavy atom. The molecule has 2 N–H and O–H groups in total. The first-order chi connectivity index (χ1) is 7.85. The molecule has 1 atom stereocenters. The van der Waals surface area contributed by atoms with Crippen molar-refractivity contribution < 1.29 is 4.74 Å². The van der Waals surface area contributed by atoms with Gasteiger partial charge in [-0.2, -0.15) is 0 Å². The summed E-state index contributed by atoms with van der Waals surface area (Å²) in [5, 5.41) is 6.78. The molecule has 1 heterocycles. The number of hydrogen-bond acceptors (Lipinski definition) is 3. The Hall–Kier alpha value is -1.22. The molecule has 0 amide bonds. The fourth-order valence-electron chi connectivity index (χ4n) is 2.26. The van der Waals surface area contributed by atoms with Crippen LogP contribution < -0.4 is 15.4 Å². The van der Waals surface area contributed by atoms with Gasteiger partial charge in [-0.25, -0.2) is 0 Å². The third kappa shape index (κ3) is 2.30. The Labute approximate surface area is 97.2 Å². The van der Waals surface area contributed by atoms with Crippen molar-refractivity contribution in [3.8, 4) is 5.75 Å². The van der Waals surface area contributed by atoms with Gasteiger partial charge >= 0.3 is 0 Å². The number of benzene rings is 1. The van der Waals surface area contributed by atoms with Gasteiger partial charge in [0.2, 0.25) is 0 Å². The Balaban J connectivity index is 2.11. The summed E-state index contributed by atoms with van der Waals surface area (Å²) in [5.74, 6) is 0.964. The third-order valence-electron chi connectivity index (χ3n) is 3.19. The monoisotopic (exact) mass is 220 g/mol. The van der Waals surface area contributed by atoms with Gasteiger partial charge in [0.25, 0.3) is 0 Å². The highest BCUT2D eigenvalue weighted by Gasteiger charge is 2.19. The summed E-state index contributed by atoms with van der Waals surface area (Å²) >= 11 is 0. The summed E-state index contributed by atoms with van der Waals surface area (Å²) in [7, 11) is 3.73. The molecule has 0 aromatic heterocycles. The maximum Gasteiger partial charge on any atom is 0.142 e. The van der Waals surface area contributed by atoms with E-state index in [0.29, 0.717) is 6.04 Å². The van der Waals surface area contributed by atoms with Crippen molar-refractivity contribution in [3.05, 3.63) is 23.8 Å². The first kappa shape index (κ1) is 11.3. The summed E-state index contributed by atoms with van der Waals surface area (Å²) in [6, 6.07) is 6.83. The molecule has 0 bridgehead atoms. The largest absolute Gasteiger partial charge is 0.495 e. The molecule has 1 aliphatic heterocycles. The van der Waals surface area contributed by atoms with Crippen LogP contribution in [0.5, 0.6) is 5.75 Å². The molecular weight excluding hydrogens is 200 g/mol. The van der Waals surface area contributed by atoms with Crippen LogP contribution in [-0.4, -0.2) is 26.7 Å². The number of methoxy groups -OCH3 is 1. The van der Waals surface area contributed by atoms with Gasteiger partial charge in [-0.05, 0) is 44.5 Å². The maximum atomic E-state index is 5.39. The minimum Gasteiger partial charge on any atom is -0.495 e. The van der Waals surface area contributed by atoms with Crippen LogP contribution in [0.1, 0.15) is 18.4 Å². The number of para-hydroxylation sites is 1. The minimum absolute atomic E-state index is 0.566. The Morgan fingerprint density at radius 1 is 1.50 bits per heavy atom. The van der Waals surface area contributed by atoms with Gasteiger partial charge in [0.05, 0.1) is 12.8 Å². The molecule has 88 valence electrons. The lowest BCUT2D eigenvalue weighted by molar-refractivity contribution is 0.413. The van der Waals surface area contributed by atoms with Crippen LogP contribution in [0, 0.1) is 0 Å². The summed E-state index contributed by atoms with van der Waals surface area (Å²) in [4.78, 5) is 0. The molecule has 0 saturated heterocycles. The molecule has 0 aliphatic carbocycles. The van der Waals surface area contributed by atoms with Gasteiger partial charge < -0.3 is 15.4 Å². The number of nitrogens with one attached hydrogen (secondary N) is 2. The highest BCUT2D eigenvalue weighted by Crippen LogP contribution is 2.34. The minimum atomic E-state index is 0.566. The summed E-state index contributed by atoms with van der Waals surface area (Å²) in [6.45, 7) is 1.06. The van der Waals surface area contributed by atoms with Crippen molar-refractivity contribution in [2.45, 2.75) is 25.3 Å². The number of aryl methyl sites for hydroxylation is 1.